The minimum Gasteiger partial charge on any atom is -0.483 e. The van der Waals surface area contributed by atoms with Gasteiger partial charge in [-0.2, -0.15) is 4.31 Å². The Kier molecular flexibility index (Phi) is 5.87. The summed E-state index contributed by atoms with van der Waals surface area (Å²) in [4.78, 5) is 20.2. The Morgan fingerprint density at radius 2 is 1.53 bits per heavy atom. The number of hydrogen-bond acceptors (Lipinski definition) is 4. The zero-order valence-corrected chi connectivity index (χ0v) is 9.18. The van der Waals surface area contributed by atoms with Gasteiger partial charge in [0.1, 0.15) is 0 Å². The van der Waals surface area contributed by atoms with Crippen LogP contribution in [0.4, 0.5) is 0 Å². The van der Waals surface area contributed by atoms with Crippen molar-refractivity contribution in [2.45, 2.75) is 0 Å². The molecule has 7 nitrogen and oxygen atoms in total. The molecule has 0 saturated carbocycles. The van der Waals surface area contributed by atoms with Gasteiger partial charge in [-0.1, -0.05) is 0 Å². The van der Waals surface area contributed by atoms with Gasteiger partial charge >= 0.3 is 0 Å². The van der Waals surface area contributed by atoms with Crippen molar-refractivity contribution in [3.8, 4) is 0 Å². The smallest absolute Gasteiger partial charge is 0.290 e. The molecule has 1 fully saturated rings. The minimum absolute atomic E-state index is 0.250. The molecule has 0 spiro atoms. The van der Waals surface area contributed by atoms with E-state index in [-0.39, 0.29) is 6.47 Å². The average Bonchev–Trinajstić information content (AvgIpc) is 2.18. The molecule has 1 amide bonds. The summed E-state index contributed by atoms with van der Waals surface area (Å²) in [5.74, 6) is 0. The summed E-state index contributed by atoms with van der Waals surface area (Å²) in [6.45, 7) is 1.57. The number of rotatable bonds is 2. The third-order valence-corrected chi connectivity index (χ3v) is 3.19. The lowest BCUT2D eigenvalue weighted by molar-refractivity contribution is -0.123. The first-order valence-electron chi connectivity index (χ1n) is 4.18. The molecule has 0 radical (unpaired) electrons. The summed E-state index contributed by atoms with van der Waals surface area (Å²) in [7, 11) is -3.07. The topological polar surface area (TPSA) is 95.0 Å². The average molecular weight is 238 g/mol. The molecule has 1 saturated heterocycles. The van der Waals surface area contributed by atoms with Gasteiger partial charge in [0.15, 0.2) is 0 Å². The molecule has 0 aromatic rings. The van der Waals surface area contributed by atoms with Crippen LogP contribution in [-0.2, 0) is 19.6 Å². The highest BCUT2D eigenvalue weighted by molar-refractivity contribution is 7.88. The van der Waals surface area contributed by atoms with Gasteiger partial charge in [0, 0.05) is 26.2 Å². The molecule has 0 aromatic carbocycles. The van der Waals surface area contributed by atoms with Crippen molar-refractivity contribution in [2.24, 2.45) is 0 Å². The Morgan fingerprint density at radius 3 is 1.80 bits per heavy atom. The van der Waals surface area contributed by atoms with Crippen molar-refractivity contribution < 1.29 is 23.1 Å². The molecule has 0 aliphatic carbocycles. The third-order valence-electron chi connectivity index (χ3n) is 1.89. The highest BCUT2D eigenvalue weighted by atomic mass is 32.2. The van der Waals surface area contributed by atoms with Gasteiger partial charge in [0.2, 0.25) is 16.4 Å². The van der Waals surface area contributed by atoms with E-state index in [1.165, 1.54) is 10.6 Å². The maximum absolute atomic E-state index is 11.0. The first kappa shape index (κ1) is 13.8. The first-order valence-corrected chi connectivity index (χ1v) is 6.03. The number of carbonyl (C=O) groups is 2. The molecule has 0 aromatic heterocycles. The molecule has 1 rings (SSSR count). The molecule has 0 atom stereocenters. The molecule has 8 heteroatoms. The van der Waals surface area contributed by atoms with Crippen molar-refractivity contribution in [2.75, 3.05) is 32.4 Å². The van der Waals surface area contributed by atoms with Gasteiger partial charge in [-0.15, -0.1) is 0 Å². The van der Waals surface area contributed by atoms with Crippen LogP contribution in [0.3, 0.4) is 0 Å². The van der Waals surface area contributed by atoms with E-state index in [1.54, 1.807) is 4.90 Å². The van der Waals surface area contributed by atoms with Crippen LogP contribution in [0.25, 0.3) is 0 Å². The largest absolute Gasteiger partial charge is 0.483 e. The number of carbonyl (C=O) groups excluding carboxylic acids is 1. The van der Waals surface area contributed by atoms with Crippen LogP contribution in [0, 0.1) is 0 Å². The zero-order chi connectivity index (χ0) is 11.9. The van der Waals surface area contributed by atoms with Crippen LogP contribution in [-0.4, -0.2) is 68.0 Å². The predicted molar refractivity (Wildman–Crippen MR) is 52.7 cm³/mol. The molecule has 88 valence electrons. The Bertz CT molecular complexity index is 295. The van der Waals surface area contributed by atoms with E-state index >= 15 is 0 Å². The standard InChI is InChI=1S/C6H12N2O3S.CH2O2/c1-12(10,11)8-4-2-7(6-9)3-5-8;2-1-3/h6H,2-5H2,1H3;1H,(H,2,3). The normalized spacial score (nSPS) is 17.5. The zero-order valence-electron chi connectivity index (χ0n) is 8.37. The van der Waals surface area contributed by atoms with Gasteiger partial charge in [0.25, 0.3) is 6.47 Å². The second-order valence-electron chi connectivity index (χ2n) is 2.91. The second-order valence-corrected chi connectivity index (χ2v) is 4.89. The molecular formula is C7H14N2O5S. The summed E-state index contributed by atoms with van der Waals surface area (Å²) in [6.07, 6.45) is 1.93. The van der Waals surface area contributed by atoms with Gasteiger partial charge in [0.05, 0.1) is 6.26 Å². The Balaban J connectivity index is 0.000000583. The van der Waals surface area contributed by atoms with E-state index in [9.17, 15) is 13.2 Å². The van der Waals surface area contributed by atoms with Crippen molar-refractivity contribution in [1.29, 1.82) is 0 Å². The Morgan fingerprint density at radius 1 is 1.13 bits per heavy atom. The van der Waals surface area contributed by atoms with Crippen LogP contribution in [0.2, 0.25) is 0 Å². The van der Waals surface area contributed by atoms with Crippen LogP contribution < -0.4 is 0 Å². The molecule has 15 heavy (non-hydrogen) atoms. The van der Waals surface area contributed by atoms with Crippen molar-refractivity contribution in [3.05, 3.63) is 0 Å². The van der Waals surface area contributed by atoms with E-state index in [1.807, 2.05) is 0 Å². The van der Waals surface area contributed by atoms with Gasteiger partial charge < -0.3 is 10.0 Å². The summed E-state index contributed by atoms with van der Waals surface area (Å²) in [6, 6.07) is 0. The van der Waals surface area contributed by atoms with Crippen LogP contribution >= 0.6 is 0 Å². The summed E-state index contributed by atoms with van der Waals surface area (Å²) in [5.41, 5.74) is 0. The van der Waals surface area contributed by atoms with Crippen LogP contribution in [0.1, 0.15) is 0 Å². The van der Waals surface area contributed by atoms with Crippen LogP contribution in [0.15, 0.2) is 0 Å². The molecule has 1 heterocycles. The maximum atomic E-state index is 11.0. The molecule has 1 aliphatic heterocycles. The van der Waals surface area contributed by atoms with Crippen LogP contribution in [0.5, 0.6) is 0 Å². The highest BCUT2D eigenvalue weighted by Gasteiger charge is 2.21. The van der Waals surface area contributed by atoms with Crippen molar-refractivity contribution >= 4 is 22.9 Å². The SMILES string of the molecule is CS(=O)(=O)N1CCN(C=O)CC1.O=CO. The quantitative estimate of drug-likeness (QED) is 0.586. The lowest BCUT2D eigenvalue weighted by Crippen LogP contribution is -2.47. The fourth-order valence-electron chi connectivity index (χ4n) is 1.14. The second kappa shape index (κ2) is 6.36. The predicted octanol–water partition coefficient (Wildman–Crippen LogP) is -1.58. The fraction of sp³-hybridized carbons (Fsp3) is 0.714. The summed E-state index contributed by atoms with van der Waals surface area (Å²) < 4.78 is 23.4. The van der Waals surface area contributed by atoms with E-state index in [0.29, 0.717) is 26.2 Å². The van der Waals surface area contributed by atoms with Gasteiger partial charge in [-0.05, 0) is 0 Å². The maximum Gasteiger partial charge on any atom is 0.290 e. The molecule has 0 bridgehead atoms. The monoisotopic (exact) mass is 238 g/mol. The third kappa shape index (κ3) is 5.33. The lowest BCUT2D eigenvalue weighted by atomic mass is 10.4. The number of sulfonamides is 1. The fourth-order valence-corrected chi connectivity index (χ4v) is 1.97. The number of nitrogens with zero attached hydrogens (tertiary/aromatic N) is 2. The van der Waals surface area contributed by atoms with E-state index in [2.05, 4.69) is 0 Å². The van der Waals surface area contributed by atoms with Crippen molar-refractivity contribution in [1.82, 2.24) is 9.21 Å². The summed E-state index contributed by atoms with van der Waals surface area (Å²) >= 11 is 0. The van der Waals surface area contributed by atoms with E-state index in [0.717, 1.165) is 6.41 Å². The van der Waals surface area contributed by atoms with E-state index < -0.39 is 10.0 Å². The first-order chi connectivity index (χ1) is 6.95. The molecule has 0 unspecified atom stereocenters. The van der Waals surface area contributed by atoms with Crippen molar-refractivity contribution in [3.63, 3.8) is 0 Å². The number of carboxylic acid groups (broad SMARTS) is 1. The molecular weight excluding hydrogens is 224 g/mol. The minimum atomic E-state index is -3.07. The molecule has 1 aliphatic rings. The molecule has 1 N–H and O–H groups in total. The summed E-state index contributed by atoms with van der Waals surface area (Å²) in [5, 5.41) is 6.89. The highest BCUT2D eigenvalue weighted by Crippen LogP contribution is 2.03. The van der Waals surface area contributed by atoms with E-state index in [4.69, 9.17) is 9.90 Å². The van der Waals surface area contributed by atoms with Gasteiger partial charge in [-0.25, -0.2) is 8.42 Å². The lowest BCUT2D eigenvalue weighted by Gasteiger charge is -2.30. The Labute approximate surface area is 88.3 Å². The number of piperazine rings is 1. The number of amides is 1. The Hall–Kier alpha value is -1.15. The van der Waals surface area contributed by atoms with Gasteiger partial charge in [-0.3, -0.25) is 9.59 Å². The number of hydrogen-bond donors (Lipinski definition) is 1.